The molecule has 1 aromatic rings. The highest BCUT2D eigenvalue weighted by atomic mass is 16.5. The maximum absolute atomic E-state index is 6.31. The number of hydrogen-bond donors (Lipinski definition) is 1. The molecule has 2 aliphatic heterocycles. The van der Waals surface area contributed by atoms with Crippen molar-refractivity contribution in [3.8, 4) is 5.75 Å². The van der Waals surface area contributed by atoms with E-state index in [0.29, 0.717) is 6.10 Å². The largest absolute Gasteiger partial charge is 0.490 e. The van der Waals surface area contributed by atoms with Crippen LogP contribution in [0, 0.1) is 0 Å². The first-order valence-electron chi connectivity index (χ1n) is 9.80. The molecule has 3 fully saturated rings. The number of para-hydroxylation sites is 1. The SMILES string of the molecule is c1ccc(OC2CCCC2)c(CN2CCN([C@@H]3CCNC3)CC2)c1. The average molecular weight is 329 g/mol. The number of nitrogens with zero attached hydrogens (tertiary/aromatic N) is 2. The van der Waals surface area contributed by atoms with Crippen molar-refractivity contribution in [1.82, 2.24) is 15.1 Å². The van der Waals surface area contributed by atoms with Gasteiger partial charge in [0.2, 0.25) is 0 Å². The van der Waals surface area contributed by atoms with Gasteiger partial charge in [-0.15, -0.1) is 0 Å². The number of hydrogen-bond acceptors (Lipinski definition) is 4. The highest BCUT2D eigenvalue weighted by molar-refractivity contribution is 5.33. The molecule has 3 aliphatic rings. The molecule has 1 N–H and O–H groups in total. The van der Waals surface area contributed by atoms with Crippen molar-refractivity contribution in [1.29, 1.82) is 0 Å². The van der Waals surface area contributed by atoms with E-state index in [2.05, 4.69) is 39.4 Å². The fraction of sp³-hybridized carbons (Fsp3) is 0.700. The monoisotopic (exact) mass is 329 g/mol. The van der Waals surface area contributed by atoms with Gasteiger partial charge in [0.1, 0.15) is 5.75 Å². The lowest BCUT2D eigenvalue weighted by Crippen LogP contribution is -2.50. The molecule has 4 nitrogen and oxygen atoms in total. The summed E-state index contributed by atoms with van der Waals surface area (Å²) in [4.78, 5) is 5.27. The molecule has 0 spiro atoms. The lowest BCUT2D eigenvalue weighted by atomic mass is 10.1. The smallest absolute Gasteiger partial charge is 0.124 e. The quantitative estimate of drug-likeness (QED) is 0.898. The predicted molar refractivity (Wildman–Crippen MR) is 97.5 cm³/mol. The van der Waals surface area contributed by atoms with Crippen molar-refractivity contribution in [3.63, 3.8) is 0 Å². The maximum Gasteiger partial charge on any atom is 0.124 e. The van der Waals surface area contributed by atoms with E-state index < -0.39 is 0 Å². The van der Waals surface area contributed by atoms with Gasteiger partial charge in [0.05, 0.1) is 6.10 Å². The molecule has 24 heavy (non-hydrogen) atoms. The van der Waals surface area contributed by atoms with Gasteiger partial charge < -0.3 is 10.1 Å². The third-order valence-corrected chi connectivity index (χ3v) is 5.92. The Morgan fingerprint density at radius 2 is 1.79 bits per heavy atom. The van der Waals surface area contributed by atoms with Crippen molar-refractivity contribution in [3.05, 3.63) is 29.8 Å². The van der Waals surface area contributed by atoms with Crippen LogP contribution in [0.15, 0.2) is 24.3 Å². The van der Waals surface area contributed by atoms with E-state index in [4.69, 9.17) is 4.74 Å². The van der Waals surface area contributed by atoms with Crippen molar-refractivity contribution in [2.75, 3.05) is 39.3 Å². The zero-order chi connectivity index (χ0) is 16.2. The fourth-order valence-corrected chi connectivity index (χ4v) is 4.41. The van der Waals surface area contributed by atoms with Gasteiger partial charge in [-0.05, 0) is 44.7 Å². The Morgan fingerprint density at radius 3 is 2.54 bits per heavy atom. The molecule has 0 unspecified atom stereocenters. The summed E-state index contributed by atoms with van der Waals surface area (Å²) in [5.74, 6) is 1.12. The number of ether oxygens (including phenoxy) is 1. The van der Waals surface area contributed by atoms with E-state index in [9.17, 15) is 0 Å². The minimum Gasteiger partial charge on any atom is -0.490 e. The second kappa shape index (κ2) is 7.85. The van der Waals surface area contributed by atoms with Crippen LogP contribution in [0.1, 0.15) is 37.7 Å². The molecular weight excluding hydrogens is 298 g/mol. The molecule has 4 rings (SSSR count). The van der Waals surface area contributed by atoms with E-state index in [0.717, 1.165) is 18.3 Å². The first-order valence-corrected chi connectivity index (χ1v) is 9.80. The molecule has 2 saturated heterocycles. The summed E-state index contributed by atoms with van der Waals surface area (Å²) in [5.41, 5.74) is 1.36. The van der Waals surface area contributed by atoms with Crippen molar-refractivity contribution in [2.45, 2.75) is 50.8 Å². The van der Waals surface area contributed by atoms with Gasteiger partial charge in [0.25, 0.3) is 0 Å². The summed E-state index contributed by atoms with van der Waals surface area (Å²) in [7, 11) is 0. The van der Waals surface area contributed by atoms with E-state index in [1.807, 2.05) is 0 Å². The Labute approximate surface area is 146 Å². The molecule has 0 amide bonds. The first-order chi connectivity index (χ1) is 11.9. The second-order valence-electron chi connectivity index (χ2n) is 7.59. The fourth-order valence-electron chi connectivity index (χ4n) is 4.41. The number of benzene rings is 1. The van der Waals surface area contributed by atoms with Crippen LogP contribution in [-0.4, -0.2) is 61.2 Å². The van der Waals surface area contributed by atoms with Gasteiger partial charge >= 0.3 is 0 Å². The van der Waals surface area contributed by atoms with E-state index in [1.165, 1.54) is 76.9 Å². The zero-order valence-electron chi connectivity index (χ0n) is 14.8. The van der Waals surface area contributed by atoms with Crippen LogP contribution in [0.2, 0.25) is 0 Å². The molecule has 0 radical (unpaired) electrons. The van der Waals surface area contributed by atoms with Crippen molar-refractivity contribution < 1.29 is 4.74 Å². The van der Waals surface area contributed by atoms with Crippen molar-refractivity contribution in [2.24, 2.45) is 0 Å². The number of nitrogens with one attached hydrogen (secondary N) is 1. The lowest BCUT2D eigenvalue weighted by Gasteiger charge is -2.38. The first kappa shape index (κ1) is 16.4. The average Bonchev–Trinajstić information content (AvgIpc) is 3.31. The van der Waals surface area contributed by atoms with E-state index in [1.54, 1.807) is 0 Å². The number of rotatable bonds is 5. The summed E-state index contributed by atoms with van der Waals surface area (Å²) in [5, 5.41) is 3.49. The molecule has 1 atom stereocenters. The van der Waals surface area contributed by atoms with E-state index in [-0.39, 0.29) is 0 Å². The molecule has 2 heterocycles. The Kier molecular flexibility index (Phi) is 5.36. The van der Waals surface area contributed by atoms with E-state index >= 15 is 0 Å². The van der Waals surface area contributed by atoms with Crippen LogP contribution in [0.3, 0.4) is 0 Å². The van der Waals surface area contributed by atoms with Crippen molar-refractivity contribution >= 4 is 0 Å². The third kappa shape index (κ3) is 3.93. The summed E-state index contributed by atoms with van der Waals surface area (Å²) >= 11 is 0. The molecule has 1 aromatic carbocycles. The minimum absolute atomic E-state index is 0.442. The summed E-state index contributed by atoms with van der Waals surface area (Å²) in [6, 6.07) is 9.44. The number of piperazine rings is 1. The second-order valence-corrected chi connectivity index (χ2v) is 7.59. The highest BCUT2D eigenvalue weighted by Crippen LogP contribution is 2.27. The topological polar surface area (TPSA) is 27.7 Å². The normalized spacial score (nSPS) is 26.9. The van der Waals surface area contributed by atoms with Gasteiger partial charge in [0, 0.05) is 50.9 Å². The predicted octanol–water partition coefficient (Wildman–Crippen LogP) is 2.49. The minimum atomic E-state index is 0.442. The lowest BCUT2D eigenvalue weighted by molar-refractivity contribution is 0.0968. The summed E-state index contributed by atoms with van der Waals surface area (Å²) in [6.07, 6.45) is 6.86. The Balaban J connectivity index is 1.32. The Morgan fingerprint density at radius 1 is 1.00 bits per heavy atom. The molecule has 1 aliphatic carbocycles. The van der Waals surface area contributed by atoms with Crippen LogP contribution in [0.25, 0.3) is 0 Å². The molecule has 4 heteroatoms. The Bertz CT molecular complexity index is 515. The summed E-state index contributed by atoms with van der Waals surface area (Å²) in [6.45, 7) is 8.16. The van der Waals surface area contributed by atoms with Gasteiger partial charge in [-0.2, -0.15) is 0 Å². The molecule has 132 valence electrons. The van der Waals surface area contributed by atoms with Gasteiger partial charge in [-0.3, -0.25) is 9.80 Å². The van der Waals surface area contributed by atoms with Crippen LogP contribution in [-0.2, 0) is 6.54 Å². The van der Waals surface area contributed by atoms with Crippen LogP contribution in [0.5, 0.6) is 5.75 Å². The maximum atomic E-state index is 6.31. The van der Waals surface area contributed by atoms with Crippen LogP contribution < -0.4 is 10.1 Å². The molecule has 0 aromatic heterocycles. The third-order valence-electron chi connectivity index (χ3n) is 5.92. The van der Waals surface area contributed by atoms with Gasteiger partial charge in [-0.1, -0.05) is 18.2 Å². The molecule has 0 bridgehead atoms. The Hall–Kier alpha value is -1.10. The van der Waals surface area contributed by atoms with Gasteiger partial charge in [0.15, 0.2) is 0 Å². The van der Waals surface area contributed by atoms with Crippen LogP contribution in [0.4, 0.5) is 0 Å². The van der Waals surface area contributed by atoms with Gasteiger partial charge in [-0.25, -0.2) is 0 Å². The molecule has 1 saturated carbocycles. The standard InChI is InChI=1S/C20H31N3O/c1-4-8-20(24-19-6-2-3-7-19)17(5-1)16-22-11-13-23(14-12-22)18-9-10-21-15-18/h1,4-5,8,18-19,21H,2-3,6-7,9-16H2/t18-/m1/s1. The molecular formula is C20H31N3O. The summed E-state index contributed by atoms with van der Waals surface area (Å²) < 4.78 is 6.31. The van der Waals surface area contributed by atoms with Crippen LogP contribution >= 0.6 is 0 Å². The highest BCUT2D eigenvalue weighted by Gasteiger charge is 2.26. The zero-order valence-corrected chi connectivity index (χ0v) is 14.8.